The van der Waals surface area contributed by atoms with Gasteiger partial charge in [-0.2, -0.15) is 0 Å². The average Bonchev–Trinajstić information content (AvgIpc) is 2.42. The zero-order chi connectivity index (χ0) is 8.06. The maximum Gasteiger partial charge on any atom is 0.0800 e. The molecule has 4 atom stereocenters. The summed E-state index contributed by atoms with van der Waals surface area (Å²) in [6.07, 6.45) is 4.93. The molecule has 62 valence electrons. The third kappa shape index (κ3) is 0.741. The molecule has 2 aliphatic rings. The Morgan fingerprint density at radius 2 is 2.27 bits per heavy atom. The van der Waals surface area contributed by atoms with Gasteiger partial charge in [0.2, 0.25) is 0 Å². The van der Waals surface area contributed by atoms with Gasteiger partial charge in [0.05, 0.1) is 11.7 Å². The minimum absolute atomic E-state index is 0.126. The maximum atomic E-state index is 9.55. The fourth-order valence-corrected chi connectivity index (χ4v) is 2.40. The van der Waals surface area contributed by atoms with E-state index >= 15 is 0 Å². The number of fused-ring (bicyclic) bond motifs is 2. The summed E-state index contributed by atoms with van der Waals surface area (Å²) in [6.45, 7) is 2.08. The molecular formula is C9H14O2. The van der Waals surface area contributed by atoms with E-state index < -0.39 is 0 Å². The van der Waals surface area contributed by atoms with E-state index in [9.17, 15) is 5.11 Å². The highest BCUT2D eigenvalue weighted by Gasteiger charge is 2.53. The van der Waals surface area contributed by atoms with E-state index in [0.717, 1.165) is 6.42 Å². The summed E-state index contributed by atoms with van der Waals surface area (Å²) >= 11 is 0. The molecule has 0 amide bonds. The van der Waals surface area contributed by atoms with Crippen molar-refractivity contribution < 1.29 is 9.84 Å². The summed E-state index contributed by atoms with van der Waals surface area (Å²) in [7, 11) is 1.73. The molecule has 11 heavy (non-hydrogen) atoms. The molecule has 0 heterocycles. The molecule has 0 radical (unpaired) electrons. The summed E-state index contributed by atoms with van der Waals surface area (Å²) < 4.78 is 5.43. The van der Waals surface area contributed by atoms with Crippen LogP contribution in [0.15, 0.2) is 12.2 Å². The van der Waals surface area contributed by atoms with Crippen LogP contribution in [-0.4, -0.2) is 23.9 Å². The summed E-state index contributed by atoms with van der Waals surface area (Å²) in [5.74, 6) is 0.644. The lowest BCUT2D eigenvalue weighted by atomic mass is 9.92. The number of aliphatic hydroxyl groups excluding tert-OH is 1. The molecule has 0 aliphatic heterocycles. The summed E-state index contributed by atoms with van der Waals surface area (Å²) in [5.41, 5.74) is -0.126. The fourth-order valence-electron chi connectivity index (χ4n) is 2.40. The molecule has 0 saturated heterocycles. The molecule has 1 N–H and O–H groups in total. The van der Waals surface area contributed by atoms with Crippen molar-refractivity contribution in [3.8, 4) is 0 Å². The van der Waals surface area contributed by atoms with Gasteiger partial charge in [-0.25, -0.2) is 0 Å². The smallest absolute Gasteiger partial charge is 0.0800 e. The van der Waals surface area contributed by atoms with Gasteiger partial charge in [-0.1, -0.05) is 12.2 Å². The monoisotopic (exact) mass is 154 g/mol. The van der Waals surface area contributed by atoms with E-state index in [-0.39, 0.29) is 17.6 Å². The van der Waals surface area contributed by atoms with Crippen molar-refractivity contribution in [3.63, 3.8) is 0 Å². The van der Waals surface area contributed by atoms with Crippen molar-refractivity contribution in [2.45, 2.75) is 25.0 Å². The number of rotatable bonds is 1. The first-order valence-corrected chi connectivity index (χ1v) is 4.10. The van der Waals surface area contributed by atoms with Crippen molar-refractivity contribution in [1.29, 1.82) is 0 Å². The fraction of sp³-hybridized carbons (Fsp3) is 0.778. The summed E-state index contributed by atoms with van der Waals surface area (Å²) in [6, 6.07) is 0. The number of ether oxygens (including phenoxy) is 1. The SMILES string of the molecule is COC1(C)C2C=CC1C(O)C2. The number of hydrogen-bond donors (Lipinski definition) is 1. The van der Waals surface area contributed by atoms with E-state index in [1.807, 2.05) is 0 Å². The van der Waals surface area contributed by atoms with E-state index in [0.29, 0.717) is 5.92 Å². The predicted molar refractivity (Wildman–Crippen MR) is 42.2 cm³/mol. The first-order chi connectivity index (χ1) is 5.18. The van der Waals surface area contributed by atoms with Crippen LogP contribution in [0.4, 0.5) is 0 Å². The van der Waals surface area contributed by atoms with Crippen LogP contribution < -0.4 is 0 Å². The molecule has 0 spiro atoms. The topological polar surface area (TPSA) is 29.5 Å². The second-order valence-electron chi connectivity index (χ2n) is 3.71. The number of methoxy groups -OCH3 is 1. The first kappa shape index (κ1) is 7.32. The van der Waals surface area contributed by atoms with Gasteiger partial charge in [-0.3, -0.25) is 0 Å². The van der Waals surface area contributed by atoms with Gasteiger partial charge < -0.3 is 9.84 Å². The van der Waals surface area contributed by atoms with Gasteiger partial charge in [0.1, 0.15) is 0 Å². The Labute approximate surface area is 66.9 Å². The van der Waals surface area contributed by atoms with Crippen LogP contribution in [0.3, 0.4) is 0 Å². The third-order valence-electron chi connectivity index (χ3n) is 3.30. The molecule has 2 rings (SSSR count). The Morgan fingerprint density at radius 1 is 1.55 bits per heavy atom. The van der Waals surface area contributed by atoms with E-state index in [4.69, 9.17) is 4.74 Å². The molecule has 0 aromatic rings. The minimum atomic E-state index is -0.185. The Bertz CT molecular complexity index is 200. The molecule has 0 aromatic heterocycles. The first-order valence-electron chi connectivity index (χ1n) is 4.10. The zero-order valence-corrected chi connectivity index (χ0v) is 6.95. The van der Waals surface area contributed by atoms with Crippen molar-refractivity contribution >= 4 is 0 Å². The quantitative estimate of drug-likeness (QED) is 0.570. The average molecular weight is 154 g/mol. The molecular weight excluding hydrogens is 140 g/mol. The number of hydrogen-bond acceptors (Lipinski definition) is 2. The molecule has 2 heteroatoms. The lowest BCUT2D eigenvalue weighted by molar-refractivity contribution is -0.0375. The Hall–Kier alpha value is -0.340. The largest absolute Gasteiger partial charge is 0.392 e. The van der Waals surface area contributed by atoms with Crippen LogP contribution in [0.1, 0.15) is 13.3 Å². The van der Waals surface area contributed by atoms with Crippen molar-refractivity contribution in [2.75, 3.05) is 7.11 Å². The van der Waals surface area contributed by atoms with E-state index in [1.54, 1.807) is 7.11 Å². The standard InChI is InChI=1S/C9H14O2/c1-9(11-2)6-3-4-7(9)8(10)5-6/h3-4,6-8,10H,5H2,1-2H3. The summed E-state index contributed by atoms with van der Waals surface area (Å²) in [5, 5.41) is 9.55. The lowest BCUT2D eigenvalue weighted by Crippen LogP contribution is -2.35. The molecule has 2 aliphatic carbocycles. The molecule has 2 nitrogen and oxygen atoms in total. The molecule has 2 bridgehead atoms. The van der Waals surface area contributed by atoms with Gasteiger partial charge in [-0.05, 0) is 13.3 Å². The highest BCUT2D eigenvalue weighted by Crippen LogP contribution is 2.49. The third-order valence-corrected chi connectivity index (χ3v) is 3.30. The highest BCUT2D eigenvalue weighted by molar-refractivity contribution is 5.22. The van der Waals surface area contributed by atoms with Gasteiger partial charge >= 0.3 is 0 Å². The number of aliphatic hydroxyl groups is 1. The van der Waals surface area contributed by atoms with Crippen LogP contribution in [0, 0.1) is 11.8 Å². The molecule has 4 unspecified atom stereocenters. The Morgan fingerprint density at radius 3 is 2.55 bits per heavy atom. The van der Waals surface area contributed by atoms with Crippen LogP contribution in [0.25, 0.3) is 0 Å². The van der Waals surface area contributed by atoms with Crippen LogP contribution in [0.5, 0.6) is 0 Å². The molecule has 1 saturated carbocycles. The van der Waals surface area contributed by atoms with Crippen molar-refractivity contribution in [1.82, 2.24) is 0 Å². The second-order valence-corrected chi connectivity index (χ2v) is 3.71. The lowest BCUT2D eigenvalue weighted by Gasteiger charge is -2.28. The maximum absolute atomic E-state index is 9.55. The Kier molecular flexibility index (Phi) is 1.38. The van der Waals surface area contributed by atoms with E-state index in [1.165, 1.54) is 0 Å². The van der Waals surface area contributed by atoms with Crippen LogP contribution in [0.2, 0.25) is 0 Å². The van der Waals surface area contributed by atoms with Crippen molar-refractivity contribution in [3.05, 3.63) is 12.2 Å². The Balaban J connectivity index is 2.30. The molecule has 0 aromatic carbocycles. The van der Waals surface area contributed by atoms with E-state index in [2.05, 4.69) is 19.1 Å². The van der Waals surface area contributed by atoms with Gasteiger partial charge in [0.25, 0.3) is 0 Å². The van der Waals surface area contributed by atoms with Crippen LogP contribution in [-0.2, 0) is 4.74 Å². The van der Waals surface area contributed by atoms with Crippen molar-refractivity contribution in [2.24, 2.45) is 11.8 Å². The second kappa shape index (κ2) is 2.08. The van der Waals surface area contributed by atoms with Gasteiger partial charge in [0, 0.05) is 18.9 Å². The zero-order valence-electron chi connectivity index (χ0n) is 6.95. The predicted octanol–water partition coefficient (Wildman–Crippen LogP) is 0.958. The molecule has 1 fully saturated rings. The normalized spacial score (nSPS) is 53.9. The van der Waals surface area contributed by atoms with Gasteiger partial charge in [0.15, 0.2) is 0 Å². The van der Waals surface area contributed by atoms with Gasteiger partial charge in [-0.15, -0.1) is 0 Å². The highest BCUT2D eigenvalue weighted by atomic mass is 16.5. The summed E-state index contributed by atoms with van der Waals surface area (Å²) in [4.78, 5) is 0. The minimum Gasteiger partial charge on any atom is -0.392 e. The van der Waals surface area contributed by atoms with Crippen LogP contribution >= 0.6 is 0 Å².